The van der Waals surface area contributed by atoms with E-state index in [0.29, 0.717) is 27.2 Å². The van der Waals surface area contributed by atoms with Crippen molar-refractivity contribution in [2.75, 3.05) is 5.32 Å². The standard InChI is InChI=1S/C13H12F3N3O2S2/c1-2-10(20)17-11-18-19-12(23-11)22-7-8-4-3-5-9(6-8)21-13(14,15)16/h3-6H,2,7H2,1H3,(H,17,18,20). The molecule has 1 aromatic heterocycles. The molecule has 0 fully saturated rings. The van der Waals surface area contributed by atoms with Crippen LogP contribution in [0, 0.1) is 0 Å². The normalized spacial score (nSPS) is 11.3. The predicted molar refractivity (Wildman–Crippen MR) is 81.5 cm³/mol. The van der Waals surface area contributed by atoms with Crippen LogP contribution in [0.15, 0.2) is 28.6 Å². The fraction of sp³-hybridized carbons (Fsp3) is 0.308. The van der Waals surface area contributed by atoms with Crippen molar-refractivity contribution in [3.63, 3.8) is 0 Å². The smallest absolute Gasteiger partial charge is 0.406 e. The van der Waals surface area contributed by atoms with E-state index >= 15 is 0 Å². The molecule has 0 aliphatic heterocycles. The molecule has 2 rings (SSSR count). The van der Waals surface area contributed by atoms with E-state index in [1.54, 1.807) is 13.0 Å². The van der Waals surface area contributed by atoms with E-state index in [1.807, 2.05) is 0 Å². The highest BCUT2D eigenvalue weighted by Gasteiger charge is 2.31. The second-order valence-electron chi connectivity index (χ2n) is 4.26. The fourth-order valence-electron chi connectivity index (χ4n) is 1.50. The number of rotatable bonds is 6. The molecule has 0 bridgehead atoms. The van der Waals surface area contributed by atoms with Gasteiger partial charge in [0.05, 0.1) is 0 Å². The Morgan fingerprint density at radius 1 is 1.39 bits per heavy atom. The molecule has 1 N–H and O–H groups in total. The lowest BCUT2D eigenvalue weighted by atomic mass is 10.2. The van der Waals surface area contributed by atoms with Crippen LogP contribution < -0.4 is 10.1 Å². The number of nitrogens with one attached hydrogen (secondary N) is 1. The molecule has 0 spiro atoms. The van der Waals surface area contributed by atoms with Crippen LogP contribution in [0.3, 0.4) is 0 Å². The van der Waals surface area contributed by atoms with Gasteiger partial charge in [0, 0.05) is 12.2 Å². The molecule has 5 nitrogen and oxygen atoms in total. The summed E-state index contributed by atoms with van der Waals surface area (Å²) in [6.45, 7) is 1.72. The Labute approximate surface area is 138 Å². The molecule has 1 amide bonds. The quantitative estimate of drug-likeness (QED) is 0.619. The van der Waals surface area contributed by atoms with Crippen LogP contribution in [0.1, 0.15) is 18.9 Å². The Bertz CT molecular complexity index is 676. The van der Waals surface area contributed by atoms with E-state index in [2.05, 4.69) is 20.3 Å². The van der Waals surface area contributed by atoms with Gasteiger partial charge in [0.25, 0.3) is 0 Å². The van der Waals surface area contributed by atoms with E-state index in [1.165, 1.54) is 41.3 Å². The topological polar surface area (TPSA) is 64.1 Å². The van der Waals surface area contributed by atoms with Crippen LogP contribution in [0.2, 0.25) is 0 Å². The number of hydrogen-bond acceptors (Lipinski definition) is 6. The minimum atomic E-state index is -4.71. The van der Waals surface area contributed by atoms with Crippen LogP contribution in [0.5, 0.6) is 5.75 Å². The van der Waals surface area contributed by atoms with Crippen molar-refractivity contribution < 1.29 is 22.7 Å². The van der Waals surface area contributed by atoms with E-state index < -0.39 is 6.36 Å². The van der Waals surface area contributed by atoms with E-state index in [4.69, 9.17) is 0 Å². The summed E-state index contributed by atoms with van der Waals surface area (Å²) in [5.74, 6) is -0.00994. The largest absolute Gasteiger partial charge is 0.573 e. The first-order chi connectivity index (χ1) is 10.9. The number of thioether (sulfide) groups is 1. The summed E-state index contributed by atoms with van der Waals surface area (Å²) in [6, 6.07) is 5.74. The van der Waals surface area contributed by atoms with Crippen molar-refractivity contribution in [3.8, 4) is 5.75 Å². The Morgan fingerprint density at radius 2 is 2.17 bits per heavy atom. The van der Waals surface area contributed by atoms with Crippen LogP contribution in [0.4, 0.5) is 18.3 Å². The van der Waals surface area contributed by atoms with Gasteiger partial charge in [-0.2, -0.15) is 0 Å². The Hall–Kier alpha value is -1.81. The number of aromatic nitrogens is 2. The molecule has 0 aliphatic carbocycles. The Balaban J connectivity index is 1.93. The first-order valence-corrected chi connectivity index (χ1v) is 8.27. The van der Waals surface area contributed by atoms with Gasteiger partial charge in [-0.15, -0.1) is 23.4 Å². The number of nitrogens with zero attached hydrogens (tertiary/aromatic N) is 2. The van der Waals surface area contributed by atoms with Crippen molar-refractivity contribution >= 4 is 34.1 Å². The third kappa shape index (κ3) is 6.06. The van der Waals surface area contributed by atoms with Crippen LogP contribution in [-0.2, 0) is 10.5 Å². The van der Waals surface area contributed by atoms with Crippen molar-refractivity contribution in [2.45, 2.75) is 29.8 Å². The van der Waals surface area contributed by atoms with Gasteiger partial charge in [-0.1, -0.05) is 42.2 Å². The summed E-state index contributed by atoms with van der Waals surface area (Å²) in [5, 5.41) is 10.7. The molecular weight excluding hydrogens is 351 g/mol. The molecule has 2 aromatic rings. The van der Waals surface area contributed by atoms with Crippen LogP contribution >= 0.6 is 23.1 Å². The zero-order valence-corrected chi connectivity index (χ0v) is 13.5. The SMILES string of the molecule is CCC(=O)Nc1nnc(SCc2cccc(OC(F)(F)F)c2)s1. The molecule has 1 heterocycles. The lowest BCUT2D eigenvalue weighted by Crippen LogP contribution is -2.17. The third-order valence-corrected chi connectivity index (χ3v) is 4.51. The van der Waals surface area contributed by atoms with Gasteiger partial charge >= 0.3 is 6.36 Å². The summed E-state index contributed by atoms with van der Waals surface area (Å²) >= 11 is 2.52. The zero-order valence-electron chi connectivity index (χ0n) is 11.9. The van der Waals surface area contributed by atoms with E-state index in [0.717, 1.165) is 0 Å². The maximum absolute atomic E-state index is 12.2. The summed E-state index contributed by atoms with van der Waals surface area (Å²) in [4.78, 5) is 11.2. The van der Waals surface area contributed by atoms with Crippen molar-refractivity contribution in [1.29, 1.82) is 0 Å². The summed E-state index contributed by atoms with van der Waals surface area (Å²) < 4.78 is 41.0. The molecule has 0 unspecified atom stereocenters. The molecule has 0 saturated heterocycles. The van der Waals surface area contributed by atoms with Gasteiger partial charge in [-0.05, 0) is 17.7 Å². The predicted octanol–water partition coefficient (Wildman–Crippen LogP) is 4.08. The number of alkyl halides is 3. The third-order valence-electron chi connectivity index (χ3n) is 2.47. The van der Waals surface area contributed by atoms with Crippen molar-refractivity contribution in [3.05, 3.63) is 29.8 Å². The van der Waals surface area contributed by atoms with Crippen molar-refractivity contribution in [1.82, 2.24) is 10.2 Å². The number of carbonyl (C=O) groups is 1. The van der Waals surface area contributed by atoms with E-state index in [-0.39, 0.29) is 11.7 Å². The molecule has 0 radical (unpaired) electrons. The Morgan fingerprint density at radius 3 is 2.87 bits per heavy atom. The van der Waals surface area contributed by atoms with E-state index in [9.17, 15) is 18.0 Å². The van der Waals surface area contributed by atoms with Crippen LogP contribution in [0.25, 0.3) is 0 Å². The summed E-state index contributed by atoms with van der Waals surface area (Å²) in [5.41, 5.74) is 0.658. The highest BCUT2D eigenvalue weighted by atomic mass is 32.2. The number of hydrogen-bond donors (Lipinski definition) is 1. The highest BCUT2D eigenvalue weighted by Crippen LogP contribution is 2.30. The number of ether oxygens (including phenoxy) is 1. The number of benzene rings is 1. The molecule has 10 heteroatoms. The van der Waals surface area contributed by atoms with Gasteiger partial charge in [0.1, 0.15) is 5.75 Å². The molecular formula is C13H12F3N3O2S2. The zero-order chi connectivity index (χ0) is 16.9. The maximum atomic E-state index is 12.2. The maximum Gasteiger partial charge on any atom is 0.573 e. The fourth-order valence-corrected chi connectivity index (χ4v) is 3.21. The highest BCUT2D eigenvalue weighted by molar-refractivity contribution is 8.00. The second-order valence-corrected chi connectivity index (χ2v) is 6.46. The number of halogens is 3. The van der Waals surface area contributed by atoms with Gasteiger partial charge in [0.2, 0.25) is 11.0 Å². The first kappa shape index (κ1) is 17.5. The monoisotopic (exact) mass is 363 g/mol. The molecule has 1 aromatic carbocycles. The lowest BCUT2D eigenvalue weighted by Gasteiger charge is -2.09. The van der Waals surface area contributed by atoms with Gasteiger partial charge < -0.3 is 10.1 Å². The lowest BCUT2D eigenvalue weighted by molar-refractivity contribution is -0.274. The molecule has 0 aliphatic rings. The summed E-state index contributed by atoms with van der Waals surface area (Å²) in [7, 11) is 0. The second kappa shape index (κ2) is 7.64. The molecule has 23 heavy (non-hydrogen) atoms. The van der Waals surface area contributed by atoms with Gasteiger partial charge in [-0.25, -0.2) is 0 Å². The van der Waals surface area contributed by atoms with Gasteiger partial charge in [-0.3, -0.25) is 4.79 Å². The Kier molecular flexibility index (Phi) is 5.83. The van der Waals surface area contributed by atoms with Crippen LogP contribution in [-0.4, -0.2) is 22.5 Å². The summed E-state index contributed by atoms with van der Waals surface area (Å²) in [6.07, 6.45) is -4.37. The van der Waals surface area contributed by atoms with Crippen molar-refractivity contribution in [2.24, 2.45) is 0 Å². The minimum absolute atomic E-state index is 0.158. The number of amides is 1. The molecule has 124 valence electrons. The average Bonchev–Trinajstić information content (AvgIpc) is 2.91. The molecule has 0 saturated carbocycles. The number of carbonyl (C=O) groups excluding carboxylic acids is 1. The number of anilines is 1. The first-order valence-electron chi connectivity index (χ1n) is 6.46. The minimum Gasteiger partial charge on any atom is -0.406 e. The molecule has 0 atom stereocenters. The average molecular weight is 363 g/mol. The van der Waals surface area contributed by atoms with Gasteiger partial charge in [0.15, 0.2) is 4.34 Å².